The Morgan fingerprint density at radius 1 is 0.974 bits per heavy atom. The van der Waals surface area contributed by atoms with Gasteiger partial charge in [0.2, 0.25) is 11.8 Å². The highest BCUT2D eigenvalue weighted by Gasteiger charge is 2.23. The molecule has 200 valence electrons. The molecule has 11 heteroatoms. The van der Waals surface area contributed by atoms with Crippen molar-refractivity contribution in [2.24, 2.45) is 0 Å². The van der Waals surface area contributed by atoms with Crippen LogP contribution in [0.2, 0.25) is 5.02 Å². The summed E-state index contributed by atoms with van der Waals surface area (Å²) in [4.78, 5) is 29.3. The number of nitrogens with one attached hydrogen (secondary N) is 1. The lowest BCUT2D eigenvalue weighted by molar-refractivity contribution is -0.113. The highest BCUT2D eigenvalue weighted by Crippen LogP contribution is 2.26. The number of aromatic nitrogens is 2. The predicted molar refractivity (Wildman–Crippen MR) is 152 cm³/mol. The maximum absolute atomic E-state index is 12.8. The first-order chi connectivity index (χ1) is 19.0. The second-order valence-electron chi connectivity index (χ2n) is 8.74. The van der Waals surface area contributed by atoms with Crippen molar-refractivity contribution in [3.63, 3.8) is 0 Å². The molecule has 4 aromatic rings. The molecular weight excluding hydrogens is 538 g/mol. The Morgan fingerprint density at radius 3 is 2.38 bits per heavy atom. The van der Waals surface area contributed by atoms with Crippen LogP contribution in [-0.4, -0.2) is 66.0 Å². The number of amides is 2. The molecule has 0 atom stereocenters. The van der Waals surface area contributed by atoms with Gasteiger partial charge in [0.15, 0.2) is 0 Å². The average molecular weight is 564 g/mol. The Bertz CT molecular complexity index is 1440. The van der Waals surface area contributed by atoms with Crippen molar-refractivity contribution < 1.29 is 18.7 Å². The van der Waals surface area contributed by atoms with E-state index in [0.29, 0.717) is 53.6 Å². The Balaban J connectivity index is 1.08. The van der Waals surface area contributed by atoms with E-state index in [9.17, 15) is 9.59 Å². The zero-order valence-corrected chi connectivity index (χ0v) is 22.7. The minimum atomic E-state index is -0.177. The molecule has 2 amide bonds. The lowest BCUT2D eigenvalue weighted by Gasteiger charge is -2.36. The van der Waals surface area contributed by atoms with E-state index in [0.717, 1.165) is 17.0 Å². The molecule has 1 N–H and O–H groups in total. The molecule has 0 aliphatic carbocycles. The molecule has 5 rings (SSSR count). The first kappa shape index (κ1) is 26.6. The van der Waals surface area contributed by atoms with Gasteiger partial charge < -0.3 is 24.3 Å². The number of anilines is 2. The van der Waals surface area contributed by atoms with Crippen molar-refractivity contribution >= 4 is 46.6 Å². The zero-order chi connectivity index (χ0) is 27.2. The largest absolute Gasteiger partial charge is 0.497 e. The minimum absolute atomic E-state index is 0.0475. The number of rotatable bonds is 8. The van der Waals surface area contributed by atoms with Crippen LogP contribution in [0.4, 0.5) is 11.4 Å². The first-order valence-electron chi connectivity index (χ1n) is 12.3. The lowest BCUT2D eigenvalue weighted by Crippen LogP contribution is -2.48. The third-order valence-electron chi connectivity index (χ3n) is 6.26. The van der Waals surface area contributed by atoms with Gasteiger partial charge in [-0.25, -0.2) is 0 Å². The fourth-order valence-electron chi connectivity index (χ4n) is 4.17. The van der Waals surface area contributed by atoms with Gasteiger partial charge in [0.05, 0.1) is 23.4 Å². The van der Waals surface area contributed by atoms with Crippen molar-refractivity contribution in [3.05, 3.63) is 83.4 Å². The number of piperazine rings is 1. The van der Waals surface area contributed by atoms with Gasteiger partial charge in [-0.05, 0) is 60.7 Å². The standard InChI is InChI=1S/C28H26ClN5O4S/c1-37-22-12-6-19(7-13-22)26-31-32-28(38-26)39-18-25(35)30-20-8-10-21(11-9-20)33-14-16-34(17-15-33)27(36)23-4-2-3-5-24(23)29/h2-13H,14-18H2,1H3,(H,30,35). The van der Waals surface area contributed by atoms with Crippen LogP contribution < -0.4 is 15.0 Å². The molecule has 39 heavy (non-hydrogen) atoms. The van der Waals surface area contributed by atoms with E-state index >= 15 is 0 Å². The monoisotopic (exact) mass is 563 g/mol. The van der Waals surface area contributed by atoms with Crippen molar-refractivity contribution in [2.75, 3.05) is 49.3 Å². The molecule has 9 nitrogen and oxygen atoms in total. The molecule has 1 fully saturated rings. The smallest absolute Gasteiger partial charge is 0.277 e. The molecule has 1 saturated heterocycles. The van der Waals surface area contributed by atoms with Crippen LogP contribution in [-0.2, 0) is 4.79 Å². The molecule has 1 aromatic heterocycles. The summed E-state index contributed by atoms with van der Waals surface area (Å²) >= 11 is 7.37. The van der Waals surface area contributed by atoms with Crippen LogP contribution in [0.5, 0.6) is 5.75 Å². The van der Waals surface area contributed by atoms with E-state index in [1.54, 1.807) is 19.2 Å². The molecule has 0 spiro atoms. The van der Waals surface area contributed by atoms with E-state index < -0.39 is 0 Å². The van der Waals surface area contributed by atoms with Gasteiger partial charge in [0.25, 0.3) is 11.1 Å². The van der Waals surface area contributed by atoms with Gasteiger partial charge >= 0.3 is 0 Å². The van der Waals surface area contributed by atoms with Gasteiger partial charge in [-0.15, -0.1) is 10.2 Å². The highest BCUT2D eigenvalue weighted by molar-refractivity contribution is 7.99. The molecule has 0 unspecified atom stereocenters. The quantitative estimate of drug-likeness (QED) is 0.296. The number of ether oxygens (including phenoxy) is 1. The molecule has 0 saturated carbocycles. The maximum atomic E-state index is 12.8. The molecule has 1 aliphatic rings. The van der Waals surface area contributed by atoms with Crippen molar-refractivity contribution in [1.82, 2.24) is 15.1 Å². The van der Waals surface area contributed by atoms with Crippen molar-refractivity contribution in [2.45, 2.75) is 5.22 Å². The van der Waals surface area contributed by atoms with E-state index in [1.165, 1.54) is 11.8 Å². The van der Waals surface area contributed by atoms with Gasteiger partial charge in [-0.2, -0.15) is 0 Å². The third-order valence-corrected chi connectivity index (χ3v) is 7.41. The van der Waals surface area contributed by atoms with Crippen LogP contribution in [0, 0.1) is 0 Å². The second-order valence-corrected chi connectivity index (χ2v) is 10.1. The molecule has 0 radical (unpaired) electrons. The van der Waals surface area contributed by atoms with Crippen LogP contribution >= 0.6 is 23.4 Å². The molecule has 2 heterocycles. The van der Waals surface area contributed by atoms with E-state index in [1.807, 2.05) is 65.6 Å². The van der Waals surface area contributed by atoms with Crippen LogP contribution in [0.25, 0.3) is 11.5 Å². The summed E-state index contributed by atoms with van der Waals surface area (Å²) in [7, 11) is 1.60. The van der Waals surface area contributed by atoms with Gasteiger partial charge in [0.1, 0.15) is 5.75 Å². The van der Waals surface area contributed by atoms with Gasteiger partial charge in [0, 0.05) is 43.1 Å². The number of halogens is 1. The summed E-state index contributed by atoms with van der Waals surface area (Å²) in [6.45, 7) is 2.63. The average Bonchev–Trinajstić information content (AvgIpc) is 3.46. The molecule has 3 aromatic carbocycles. The lowest BCUT2D eigenvalue weighted by atomic mass is 10.1. The number of nitrogens with zero attached hydrogens (tertiary/aromatic N) is 4. The van der Waals surface area contributed by atoms with Crippen molar-refractivity contribution in [1.29, 1.82) is 0 Å². The van der Waals surface area contributed by atoms with Crippen molar-refractivity contribution in [3.8, 4) is 17.2 Å². The Morgan fingerprint density at radius 2 is 1.69 bits per heavy atom. The van der Waals surface area contributed by atoms with E-state index in [-0.39, 0.29) is 17.6 Å². The summed E-state index contributed by atoms with van der Waals surface area (Å²) in [5.41, 5.74) is 3.03. The van der Waals surface area contributed by atoms with Crippen LogP contribution in [0.15, 0.2) is 82.4 Å². The topological polar surface area (TPSA) is 101 Å². The fourth-order valence-corrected chi connectivity index (χ4v) is 4.95. The summed E-state index contributed by atoms with van der Waals surface area (Å²) in [6.07, 6.45) is 0. The number of carbonyl (C=O) groups excluding carboxylic acids is 2. The SMILES string of the molecule is COc1ccc(-c2nnc(SCC(=O)Nc3ccc(N4CCN(C(=O)c5ccccc5Cl)CC4)cc3)o2)cc1. The van der Waals surface area contributed by atoms with Crippen LogP contribution in [0.3, 0.4) is 0 Å². The maximum Gasteiger partial charge on any atom is 0.277 e. The Labute approximate surface area is 235 Å². The number of carbonyl (C=O) groups is 2. The molecule has 1 aliphatic heterocycles. The predicted octanol–water partition coefficient (Wildman–Crippen LogP) is 5.09. The number of thioether (sulfide) groups is 1. The summed E-state index contributed by atoms with van der Waals surface area (Å²) in [6, 6.07) is 22.1. The second kappa shape index (κ2) is 12.2. The highest BCUT2D eigenvalue weighted by atomic mass is 35.5. The summed E-state index contributed by atoms with van der Waals surface area (Å²) in [5.74, 6) is 1.02. The van der Waals surface area contributed by atoms with Crippen LogP contribution in [0.1, 0.15) is 10.4 Å². The molecular formula is C28H26ClN5O4S. The number of hydrogen-bond donors (Lipinski definition) is 1. The Kier molecular flexibility index (Phi) is 8.33. The summed E-state index contributed by atoms with van der Waals surface area (Å²) in [5, 5.41) is 11.7. The number of methoxy groups -OCH3 is 1. The minimum Gasteiger partial charge on any atom is -0.497 e. The summed E-state index contributed by atoms with van der Waals surface area (Å²) < 4.78 is 10.8. The van der Waals surface area contributed by atoms with E-state index in [4.69, 9.17) is 20.8 Å². The Hall–Kier alpha value is -4.02. The van der Waals surface area contributed by atoms with Gasteiger partial charge in [-0.1, -0.05) is 35.5 Å². The molecule has 0 bridgehead atoms. The fraction of sp³-hybridized carbons (Fsp3) is 0.214. The third kappa shape index (κ3) is 6.52. The van der Waals surface area contributed by atoms with Gasteiger partial charge in [-0.3, -0.25) is 9.59 Å². The van der Waals surface area contributed by atoms with E-state index in [2.05, 4.69) is 20.4 Å². The number of benzene rings is 3. The zero-order valence-electron chi connectivity index (χ0n) is 21.2. The number of hydrogen-bond acceptors (Lipinski definition) is 8. The normalized spacial score (nSPS) is 13.3. The first-order valence-corrected chi connectivity index (χ1v) is 13.7.